The van der Waals surface area contributed by atoms with E-state index in [1.54, 1.807) is 0 Å². The Balaban J connectivity index is 1.65. The molecule has 0 saturated heterocycles. The zero-order valence-corrected chi connectivity index (χ0v) is 15.2. The number of hydrogen-bond acceptors (Lipinski definition) is 6. The number of thiophene rings is 1. The highest BCUT2D eigenvalue weighted by molar-refractivity contribution is 7.16. The standard InChI is InChI=1S/C18H15ClN2O4S/c19-10-5-6-14(22)12(7-10)18(24)25-9-16(23)21-17-13(8-20)11-3-1-2-4-15(11)26-17/h5-7,22H,1-4,9H2,(H,21,23). The van der Waals surface area contributed by atoms with Gasteiger partial charge in [-0.15, -0.1) is 11.3 Å². The number of nitrogens with one attached hydrogen (secondary N) is 1. The van der Waals surface area contributed by atoms with Gasteiger partial charge in [-0.3, -0.25) is 4.79 Å². The summed E-state index contributed by atoms with van der Waals surface area (Å²) in [5.74, 6) is -1.68. The Morgan fingerprint density at radius 1 is 1.35 bits per heavy atom. The summed E-state index contributed by atoms with van der Waals surface area (Å²) in [5, 5.41) is 22.5. The van der Waals surface area contributed by atoms with E-state index in [1.807, 2.05) is 0 Å². The topological polar surface area (TPSA) is 99.4 Å². The highest BCUT2D eigenvalue weighted by atomic mass is 35.5. The molecule has 26 heavy (non-hydrogen) atoms. The first kappa shape index (κ1) is 18.2. The Morgan fingerprint density at radius 3 is 2.88 bits per heavy atom. The number of carbonyl (C=O) groups excluding carboxylic acids is 2. The zero-order valence-electron chi connectivity index (χ0n) is 13.7. The number of fused-ring (bicyclic) bond motifs is 1. The van der Waals surface area contributed by atoms with E-state index >= 15 is 0 Å². The van der Waals surface area contributed by atoms with Crippen molar-refractivity contribution < 1.29 is 19.4 Å². The third-order valence-corrected chi connectivity index (χ3v) is 5.49. The lowest BCUT2D eigenvalue weighted by atomic mass is 9.96. The Bertz CT molecular complexity index is 917. The van der Waals surface area contributed by atoms with Gasteiger partial charge in [0.2, 0.25) is 0 Å². The van der Waals surface area contributed by atoms with Gasteiger partial charge in [-0.2, -0.15) is 5.26 Å². The predicted molar refractivity (Wildman–Crippen MR) is 97.7 cm³/mol. The van der Waals surface area contributed by atoms with Crippen LogP contribution in [0.1, 0.15) is 39.2 Å². The number of anilines is 1. The summed E-state index contributed by atoms with van der Waals surface area (Å²) in [5.41, 5.74) is 1.39. The van der Waals surface area contributed by atoms with Crippen LogP contribution in [-0.2, 0) is 22.4 Å². The van der Waals surface area contributed by atoms with E-state index in [2.05, 4.69) is 11.4 Å². The molecule has 134 valence electrons. The summed E-state index contributed by atoms with van der Waals surface area (Å²) in [6.45, 7) is -0.530. The van der Waals surface area contributed by atoms with Crippen molar-refractivity contribution in [2.45, 2.75) is 25.7 Å². The fraction of sp³-hybridized carbons (Fsp3) is 0.278. The molecule has 0 atom stereocenters. The Morgan fingerprint density at radius 2 is 2.12 bits per heavy atom. The summed E-state index contributed by atoms with van der Waals surface area (Å²) in [7, 11) is 0. The molecule has 1 aliphatic rings. The number of phenols is 1. The quantitative estimate of drug-likeness (QED) is 0.776. The Kier molecular flexibility index (Phi) is 5.45. The van der Waals surface area contributed by atoms with Crippen LogP contribution < -0.4 is 5.32 Å². The van der Waals surface area contributed by atoms with Crippen LogP contribution in [0, 0.1) is 11.3 Å². The van der Waals surface area contributed by atoms with Crippen LogP contribution in [0.5, 0.6) is 5.75 Å². The number of nitriles is 1. The average Bonchev–Trinajstić information content (AvgIpc) is 2.98. The van der Waals surface area contributed by atoms with Gasteiger partial charge in [0.25, 0.3) is 5.91 Å². The molecule has 0 unspecified atom stereocenters. The molecule has 0 saturated carbocycles. The second-order valence-electron chi connectivity index (χ2n) is 5.81. The zero-order chi connectivity index (χ0) is 18.7. The van der Waals surface area contributed by atoms with Gasteiger partial charge < -0.3 is 15.2 Å². The van der Waals surface area contributed by atoms with Crippen molar-refractivity contribution in [3.8, 4) is 11.8 Å². The number of hydrogen-bond donors (Lipinski definition) is 2. The summed E-state index contributed by atoms with van der Waals surface area (Å²) in [6, 6.07) is 6.12. The highest BCUT2D eigenvalue weighted by Crippen LogP contribution is 2.37. The number of aryl methyl sites for hydroxylation is 1. The second-order valence-corrected chi connectivity index (χ2v) is 7.35. The number of ether oxygens (including phenoxy) is 1. The first-order valence-electron chi connectivity index (χ1n) is 7.99. The molecule has 8 heteroatoms. The SMILES string of the molecule is N#Cc1c(NC(=O)COC(=O)c2cc(Cl)ccc2O)sc2c1CCCC2. The number of aromatic hydroxyl groups is 1. The number of esters is 1. The fourth-order valence-electron chi connectivity index (χ4n) is 2.82. The number of amides is 1. The molecular formula is C18H15ClN2O4S. The van der Waals surface area contributed by atoms with Gasteiger partial charge in [0.15, 0.2) is 6.61 Å². The van der Waals surface area contributed by atoms with Gasteiger partial charge in [0, 0.05) is 9.90 Å². The van der Waals surface area contributed by atoms with Crippen molar-refractivity contribution in [2.75, 3.05) is 11.9 Å². The van der Waals surface area contributed by atoms with Gasteiger partial charge in [-0.1, -0.05) is 11.6 Å². The number of benzene rings is 1. The van der Waals surface area contributed by atoms with Crippen molar-refractivity contribution in [1.29, 1.82) is 5.26 Å². The average molecular weight is 391 g/mol. The Hall–Kier alpha value is -2.56. The van der Waals surface area contributed by atoms with Crippen LogP contribution >= 0.6 is 22.9 Å². The molecule has 1 aromatic heterocycles. The lowest BCUT2D eigenvalue weighted by molar-refractivity contribution is -0.119. The molecule has 0 radical (unpaired) electrons. The molecule has 0 fully saturated rings. The summed E-state index contributed by atoms with van der Waals surface area (Å²) >= 11 is 7.18. The summed E-state index contributed by atoms with van der Waals surface area (Å²) in [6.07, 6.45) is 3.86. The number of carbonyl (C=O) groups is 2. The first-order chi connectivity index (χ1) is 12.5. The minimum absolute atomic E-state index is 0.116. The van der Waals surface area contributed by atoms with E-state index in [9.17, 15) is 20.0 Å². The third-order valence-electron chi connectivity index (χ3n) is 4.05. The number of phenolic OH excluding ortho intramolecular Hbond substituents is 1. The smallest absolute Gasteiger partial charge is 0.342 e. The van der Waals surface area contributed by atoms with E-state index in [0.717, 1.165) is 36.1 Å². The van der Waals surface area contributed by atoms with Crippen molar-refractivity contribution in [2.24, 2.45) is 0 Å². The van der Waals surface area contributed by atoms with Crippen LogP contribution in [0.3, 0.4) is 0 Å². The van der Waals surface area contributed by atoms with Crippen LogP contribution in [0.25, 0.3) is 0 Å². The van der Waals surface area contributed by atoms with Gasteiger partial charge in [0.05, 0.1) is 5.56 Å². The van der Waals surface area contributed by atoms with Gasteiger partial charge in [0.1, 0.15) is 22.4 Å². The van der Waals surface area contributed by atoms with Gasteiger partial charge in [-0.25, -0.2) is 4.79 Å². The van der Waals surface area contributed by atoms with Gasteiger partial charge >= 0.3 is 5.97 Å². The lowest BCUT2D eigenvalue weighted by Gasteiger charge is -2.09. The molecule has 2 N–H and O–H groups in total. The minimum Gasteiger partial charge on any atom is -0.507 e. The van der Waals surface area contributed by atoms with E-state index in [1.165, 1.54) is 29.5 Å². The first-order valence-corrected chi connectivity index (χ1v) is 9.19. The van der Waals surface area contributed by atoms with Crippen molar-refractivity contribution in [1.82, 2.24) is 0 Å². The molecule has 1 aromatic carbocycles. The van der Waals surface area contributed by atoms with E-state index in [-0.39, 0.29) is 16.3 Å². The van der Waals surface area contributed by atoms with E-state index < -0.39 is 18.5 Å². The van der Waals surface area contributed by atoms with Crippen LogP contribution in [0.4, 0.5) is 5.00 Å². The lowest BCUT2D eigenvalue weighted by Crippen LogP contribution is -2.21. The van der Waals surface area contributed by atoms with Crippen molar-refractivity contribution in [3.05, 3.63) is 44.8 Å². The number of rotatable bonds is 4. The molecule has 1 heterocycles. The molecule has 0 aliphatic heterocycles. The van der Waals surface area contributed by atoms with Crippen molar-refractivity contribution >= 4 is 39.8 Å². The van der Waals surface area contributed by atoms with E-state index in [0.29, 0.717) is 10.6 Å². The minimum atomic E-state index is -0.855. The predicted octanol–water partition coefficient (Wildman–Crippen LogP) is 3.65. The highest BCUT2D eigenvalue weighted by Gasteiger charge is 2.22. The normalized spacial score (nSPS) is 12.8. The molecule has 2 aromatic rings. The molecule has 3 rings (SSSR count). The molecular weight excluding hydrogens is 376 g/mol. The van der Waals surface area contributed by atoms with Gasteiger partial charge in [-0.05, 0) is 49.4 Å². The van der Waals surface area contributed by atoms with Crippen molar-refractivity contribution in [3.63, 3.8) is 0 Å². The maximum Gasteiger partial charge on any atom is 0.342 e. The molecule has 6 nitrogen and oxygen atoms in total. The summed E-state index contributed by atoms with van der Waals surface area (Å²) < 4.78 is 4.93. The maximum absolute atomic E-state index is 12.1. The number of nitrogens with zero attached hydrogens (tertiary/aromatic N) is 1. The largest absolute Gasteiger partial charge is 0.507 e. The molecule has 1 amide bonds. The second kappa shape index (κ2) is 7.77. The van der Waals surface area contributed by atoms with E-state index in [4.69, 9.17) is 16.3 Å². The monoisotopic (exact) mass is 390 g/mol. The van der Waals surface area contributed by atoms with Crippen LogP contribution in [-0.4, -0.2) is 23.6 Å². The third kappa shape index (κ3) is 3.82. The van der Waals surface area contributed by atoms with Crippen LogP contribution in [0.2, 0.25) is 5.02 Å². The summed E-state index contributed by atoms with van der Waals surface area (Å²) in [4.78, 5) is 25.2. The Labute approximate surface area is 159 Å². The molecule has 0 spiro atoms. The number of halogens is 1. The van der Waals surface area contributed by atoms with Crippen LogP contribution in [0.15, 0.2) is 18.2 Å². The molecule has 0 bridgehead atoms. The molecule has 1 aliphatic carbocycles. The fourth-order valence-corrected chi connectivity index (χ4v) is 4.24. The maximum atomic E-state index is 12.1.